The lowest BCUT2D eigenvalue weighted by atomic mass is 10.1. The molecule has 148 valence electrons. The molecule has 1 fully saturated rings. The van der Waals surface area contributed by atoms with Gasteiger partial charge in [-0.3, -0.25) is 4.79 Å². The van der Waals surface area contributed by atoms with Crippen molar-refractivity contribution in [3.8, 4) is 0 Å². The number of hydrogen-bond acceptors (Lipinski definition) is 4. The van der Waals surface area contributed by atoms with Crippen molar-refractivity contribution in [2.24, 2.45) is 0 Å². The summed E-state index contributed by atoms with van der Waals surface area (Å²) in [6.45, 7) is 1.96. The van der Waals surface area contributed by atoms with Gasteiger partial charge in [-0.15, -0.1) is 0 Å². The number of morpholine rings is 1. The largest absolute Gasteiger partial charge is 0.394 e. The molecular formula is C21H22ClFN2O3. The number of amides is 1. The van der Waals surface area contributed by atoms with Gasteiger partial charge in [0.1, 0.15) is 5.82 Å². The second-order valence-corrected chi connectivity index (χ2v) is 6.82. The molecule has 1 saturated heterocycles. The average molecular weight is 405 g/mol. The number of carbonyl (C=O) groups excluding carboxylic acids is 1. The third-order valence-corrected chi connectivity index (χ3v) is 4.89. The van der Waals surface area contributed by atoms with Crippen LogP contribution in [0.2, 0.25) is 5.02 Å². The first-order valence-corrected chi connectivity index (χ1v) is 9.42. The van der Waals surface area contributed by atoms with Crippen LogP contribution in [0.15, 0.2) is 48.5 Å². The van der Waals surface area contributed by atoms with Crippen molar-refractivity contribution >= 4 is 29.3 Å². The second kappa shape index (κ2) is 9.68. The van der Waals surface area contributed by atoms with Gasteiger partial charge >= 0.3 is 0 Å². The summed E-state index contributed by atoms with van der Waals surface area (Å²) in [5.74, 6) is -0.719. The van der Waals surface area contributed by atoms with Crippen molar-refractivity contribution in [2.75, 3.05) is 37.8 Å². The average Bonchev–Trinajstić information content (AvgIpc) is 2.72. The number of aliphatic hydroxyl groups excluding tert-OH is 1. The van der Waals surface area contributed by atoms with E-state index in [0.717, 1.165) is 5.56 Å². The summed E-state index contributed by atoms with van der Waals surface area (Å²) < 4.78 is 19.6. The molecule has 3 rings (SSSR count). The molecule has 1 aliphatic rings. The summed E-state index contributed by atoms with van der Waals surface area (Å²) in [4.78, 5) is 14.2. The minimum absolute atomic E-state index is 0.306. The van der Waals surface area contributed by atoms with Crippen LogP contribution in [0.25, 0.3) is 6.08 Å². The topological polar surface area (TPSA) is 61.8 Å². The highest BCUT2D eigenvalue weighted by Gasteiger charge is 2.19. The van der Waals surface area contributed by atoms with Gasteiger partial charge in [-0.2, -0.15) is 0 Å². The molecule has 0 aromatic heterocycles. The van der Waals surface area contributed by atoms with E-state index >= 15 is 0 Å². The van der Waals surface area contributed by atoms with Crippen LogP contribution in [0.1, 0.15) is 17.2 Å². The number of rotatable bonds is 6. The second-order valence-electron chi connectivity index (χ2n) is 6.41. The maximum Gasteiger partial charge on any atom is 0.244 e. The fraction of sp³-hybridized carbons (Fsp3) is 0.286. The van der Waals surface area contributed by atoms with E-state index in [-0.39, 0.29) is 18.3 Å². The molecule has 2 aromatic carbocycles. The molecule has 7 heteroatoms. The van der Waals surface area contributed by atoms with Crippen LogP contribution < -0.4 is 10.2 Å². The summed E-state index contributed by atoms with van der Waals surface area (Å²) in [5.41, 5.74) is 1.79. The molecule has 28 heavy (non-hydrogen) atoms. The van der Waals surface area contributed by atoms with Gasteiger partial charge < -0.3 is 20.1 Å². The Bertz CT molecular complexity index is 853. The molecule has 0 saturated carbocycles. The summed E-state index contributed by atoms with van der Waals surface area (Å²) in [7, 11) is 0. The Balaban J connectivity index is 1.72. The minimum atomic E-state index is -0.649. The Hall–Kier alpha value is -2.41. The number of ether oxygens (including phenoxy) is 1. The van der Waals surface area contributed by atoms with E-state index < -0.39 is 6.04 Å². The Morgan fingerprint density at radius 3 is 2.75 bits per heavy atom. The smallest absolute Gasteiger partial charge is 0.244 e. The maximum absolute atomic E-state index is 14.3. The first-order chi connectivity index (χ1) is 13.6. The lowest BCUT2D eigenvalue weighted by molar-refractivity contribution is -0.117. The third-order valence-electron chi connectivity index (χ3n) is 4.54. The zero-order valence-corrected chi connectivity index (χ0v) is 16.0. The van der Waals surface area contributed by atoms with E-state index in [9.17, 15) is 14.3 Å². The highest BCUT2D eigenvalue weighted by atomic mass is 35.5. The van der Waals surface area contributed by atoms with Crippen molar-refractivity contribution in [1.29, 1.82) is 0 Å². The normalized spacial score (nSPS) is 15.6. The van der Waals surface area contributed by atoms with Crippen molar-refractivity contribution in [3.05, 3.63) is 70.5 Å². The molecule has 1 aliphatic heterocycles. The van der Waals surface area contributed by atoms with E-state index in [1.165, 1.54) is 12.1 Å². The van der Waals surface area contributed by atoms with Gasteiger partial charge in [0.15, 0.2) is 0 Å². The molecule has 1 heterocycles. The number of halogens is 2. The molecule has 0 unspecified atom stereocenters. The Morgan fingerprint density at radius 1 is 1.29 bits per heavy atom. The summed E-state index contributed by atoms with van der Waals surface area (Å²) in [6.07, 6.45) is 2.96. The van der Waals surface area contributed by atoms with Crippen LogP contribution in [0.3, 0.4) is 0 Å². The number of nitrogens with one attached hydrogen (secondary N) is 1. The Kier molecular flexibility index (Phi) is 7.03. The lowest BCUT2D eigenvalue weighted by Gasteiger charge is -2.30. The zero-order chi connectivity index (χ0) is 19.9. The number of carbonyl (C=O) groups is 1. The fourth-order valence-electron chi connectivity index (χ4n) is 3.02. The first-order valence-electron chi connectivity index (χ1n) is 9.04. The number of benzene rings is 2. The molecule has 0 spiro atoms. The van der Waals surface area contributed by atoms with Gasteiger partial charge in [0.25, 0.3) is 0 Å². The summed E-state index contributed by atoms with van der Waals surface area (Å²) >= 11 is 6.07. The van der Waals surface area contributed by atoms with Crippen molar-refractivity contribution in [1.82, 2.24) is 5.32 Å². The predicted octanol–water partition coefficient (Wildman–Crippen LogP) is 3.18. The van der Waals surface area contributed by atoms with E-state index in [4.69, 9.17) is 16.3 Å². The van der Waals surface area contributed by atoms with Gasteiger partial charge in [-0.25, -0.2) is 4.39 Å². The van der Waals surface area contributed by atoms with E-state index in [1.54, 1.807) is 30.3 Å². The highest BCUT2D eigenvalue weighted by Crippen LogP contribution is 2.25. The van der Waals surface area contributed by atoms with E-state index in [2.05, 4.69) is 5.32 Å². The molecule has 0 bridgehead atoms. The van der Waals surface area contributed by atoms with Crippen LogP contribution in [0.5, 0.6) is 0 Å². The van der Waals surface area contributed by atoms with Crippen molar-refractivity contribution < 1.29 is 19.0 Å². The molecule has 1 atom stereocenters. The maximum atomic E-state index is 14.3. The fourth-order valence-corrected chi connectivity index (χ4v) is 3.22. The number of anilines is 1. The first kappa shape index (κ1) is 20.3. The summed E-state index contributed by atoms with van der Waals surface area (Å²) in [6, 6.07) is 11.1. The lowest BCUT2D eigenvalue weighted by Crippen LogP contribution is -2.37. The van der Waals surface area contributed by atoms with Gasteiger partial charge in [-0.05, 0) is 35.4 Å². The van der Waals surface area contributed by atoms with Crippen LogP contribution in [0.4, 0.5) is 10.1 Å². The van der Waals surface area contributed by atoms with Crippen LogP contribution in [-0.2, 0) is 9.53 Å². The molecule has 2 N–H and O–H groups in total. The predicted molar refractivity (Wildman–Crippen MR) is 108 cm³/mol. The minimum Gasteiger partial charge on any atom is -0.394 e. The van der Waals surface area contributed by atoms with Crippen LogP contribution >= 0.6 is 11.6 Å². The molecule has 2 aromatic rings. The van der Waals surface area contributed by atoms with Crippen LogP contribution in [-0.4, -0.2) is 43.9 Å². The number of hydrogen-bond donors (Lipinski definition) is 2. The Labute approximate surface area is 168 Å². The molecule has 0 aliphatic carbocycles. The molecule has 0 radical (unpaired) electrons. The molecule has 1 amide bonds. The summed E-state index contributed by atoms with van der Waals surface area (Å²) in [5, 5.41) is 13.0. The van der Waals surface area contributed by atoms with E-state index in [0.29, 0.717) is 42.6 Å². The number of aliphatic hydroxyl groups is 1. The SMILES string of the molecule is O=C(/C=C/c1ccccc1Cl)N[C@@H](CO)c1ccc(F)c(N2CCOCC2)c1. The standard InChI is InChI=1S/C21H22ClFN2O3/c22-17-4-2-1-3-15(17)6-8-21(27)24-19(14-26)16-5-7-18(23)20(13-16)25-9-11-28-12-10-25/h1-8,13,19,26H,9-12,14H2,(H,24,27)/b8-6+/t19-/m0/s1. The molecule has 5 nitrogen and oxygen atoms in total. The van der Waals surface area contributed by atoms with Crippen LogP contribution in [0, 0.1) is 5.82 Å². The van der Waals surface area contributed by atoms with E-state index in [1.807, 2.05) is 17.0 Å². The highest BCUT2D eigenvalue weighted by molar-refractivity contribution is 6.32. The third kappa shape index (κ3) is 5.10. The molecular weight excluding hydrogens is 383 g/mol. The monoisotopic (exact) mass is 404 g/mol. The number of nitrogens with zero attached hydrogens (tertiary/aromatic N) is 1. The van der Waals surface area contributed by atoms with Gasteiger partial charge in [0.05, 0.1) is 31.5 Å². The van der Waals surface area contributed by atoms with Crippen molar-refractivity contribution in [2.45, 2.75) is 6.04 Å². The van der Waals surface area contributed by atoms with Gasteiger partial charge in [-0.1, -0.05) is 35.9 Å². The zero-order valence-electron chi connectivity index (χ0n) is 15.3. The van der Waals surface area contributed by atoms with Crippen molar-refractivity contribution in [3.63, 3.8) is 0 Å². The Morgan fingerprint density at radius 2 is 2.04 bits per heavy atom. The van der Waals surface area contributed by atoms with Gasteiger partial charge in [0, 0.05) is 24.2 Å². The quantitative estimate of drug-likeness (QED) is 0.726. The van der Waals surface area contributed by atoms with Gasteiger partial charge in [0.2, 0.25) is 5.91 Å².